The van der Waals surface area contributed by atoms with Crippen LogP contribution in [-0.4, -0.2) is 35.9 Å². The highest BCUT2D eigenvalue weighted by atomic mass is 35.5. The molecule has 1 amide bonds. The first-order valence-electron chi connectivity index (χ1n) is 5.62. The van der Waals surface area contributed by atoms with Gasteiger partial charge in [0, 0.05) is 32.5 Å². The molecule has 1 aliphatic heterocycles. The van der Waals surface area contributed by atoms with Gasteiger partial charge >= 0.3 is 0 Å². The molecule has 1 saturated heterocycles. The highest BCUT2D eigenvalue weighted by Crippen LogP contribution is 2.12. The Morgan fingerprint density at radius 1 is 1.56 bits per heavy atom. The van der Waals surface area contributed by atoms with Crippen molar-refractivity contribution in [2.75, 3.05) is 20.1 Å². The lowest BCUT2D eigenvalue weighted by atomic mass is 10.1. The fourth-order valence-electron chi connectivity index (χ4n) is 2.02. The maximum absolute atomic E-state index is 12.0. The van der Waals surface area contributed by atoms with Gasteiger partial charge in [-0.2, -0.15) is 0 Å². The van der Waals surface area contributed by atoms with E-state index < -0.39 is 0 Å². The molecule has 1 N–H and O–H groups in total. The van der Waals surface area contributed by atoms with Gasteiger partial charge in [-0.15, -0.1) is 24.8 Å². The molecule has 0 aliphatic carbocycles. The molecule has 18 heavy (non-hydrogen) atoms. The van der Waals surface area contributed by atoms with E-state index in [1.807, 2.05) is 19.2 Å². The van der Waals surface area contributed by atoms with Crippen LogP contribution in [-0.2, 0) is 11.3 Å². The van der Waals surface area contributed by atoms with Gasteiger partial charge < -0.3 is 10.2 Å². The molecule has 1 fully saturated rings. The van der Waals surface area contributed by atoms with Gasteiger partial charge in [-0.05, 0) is 24.6 Å². The number of nitrogens with one attached hydrogen (secondary N) is 1. The molecule has 2 heterocycles. The second-order valence-electron chi connectivity index (χ2n) is 4.25. The zero-order chi connectivity index (χ0) is 11.4. The van der Waals surface area contributed by atoms with Gasteiger partial charge in [0.15, 0.2) is 0 Å². The smallest absolute Gasteiger partial charge is 0.227 e. The summed E-state index contributed by atoms with van der Waals surface area (Å²) in [4.78, 5) is 17.8. The third-order valence-corrected chi connectivity index (χ3v) is 2.93. The molecule has 1 aliphatic rings. The first-order valence-corrected chi connectivity index (χ1v) is 5.62. The lowest BCUT2D eigenvalue weighted by Crippen LogP contribution is -2.33. The lowest BCUT2D eigenvalue weighted by molar-refractivity contribution is -0.134. The summed E-state index contributed by atoms with van der Waals surface area (Å²) < 4.78 is 0. The number of hydrogen-bond acceptors (Lipinski definition) is 3. The lowest BCUT2D eigenvalue weighted by Gasteiger charge is -2.20. The molecule has 1 aromatic heterocycles. The molecule has 0 saturated carbocycles. The second kappa shape index (κ2) is 8.29. The van der Waals surface area contributed by atoms with E-state index in [9.17, 15) is 4.79 Å². The molecule has 4 nitrogen and oxygen atoms in total. The molecule has 1 atom stereocenters. The summed E-state index contributed by atoms with van der Waals surface area (Å²) in [5, 5.41) is 3.21. The van der Waals surface area contributed by atoms with Crippen LogP contribution in [0.2, 0.25) is 0 Å². The second-order valence-corrected chi connectivity index (χ2v) is 4.25. The summed E-state index contributed by atoms with van der Waals surface area (Å²) in [6.45, 7) is 2.41. The molecule has 0 aromatic carbocycles. The van der Waals surface area contributed by atoms with Crippen LogP contribution >= 0.6 is 24.8 Å². The predicted octanol–water partition coefficient (Wildman–Crippen LogP) is 1.49. The Hall–Kier alpha value is -0.840. The van der Waals surface area contributed by atoms with Crippen LogP contribution in [0.4, 0.5) is 0 Å². The first-order chi connectivity index (χ1) is 7.77. The van der Waals surface area contributed by atoms with Gasteiger partial charge in [0.25, 0.3) is 0 Å². The number of nitrogens with zero attached hydrogens (tertiary/aromatic N) is 2. The molecule has 0 radical (unpaired) electrons. The maximum Gasteiger partial charge on any atom is 0.227 e. The van der Waals surface area contributed by atoms with Gasteiger partial charge in [-0.3, -0.25) is 9.78 Å². The van der Waals surface area contributed by atoms with Crippen molar-refractivity contribution in [2.45, 2.75) is 13.0 Å². The molecule has 1 unspecified atom stereocenters. The molecule has 2 rings (SSSR count). The molecule has 0 bridgehead atoms. The minimum atomic E-state index is 0. The van der Waals surface area contributed by atoms with Gasteiger partial charge in [-0.25, -0.2) is 0 Å². The van der Waals surface area contributed by atoms with Crippen LogP contribution in [0, 0.1) is 5.92 Å². The number of hydrogen-bond donors (Lipinski definition) is 1. The summed E-state index contributed by atoms with van der Waals surface area (Å²) in [5.74, 6) is 0.385. The Kier molecular flexibility index (Phi) is 7.91. The fourth-order valence-corrected chi connectivity index (χ4v) is 2.02. The zero-order valence-electron chi connectivity index (χ0n) is 10.3. The largest absolute Gasteiger partial charge is 0.341 e. The standard InChI is InChI=1S/C12H17N3O.2ClH/c1-15(9-10-3-2-5-13-7-10)12(16)11-4-6-14-8-11;;/h2-3,5,7,11,14H,4,6,8-9H2,1H3;2*1H. The van der Waals surface area contributed by atoms with Gasteiger partial charge in [-0.1, -0.05) is 6.07 Å². The van der Waals surface area contributed by atoms with Gasteiger partial charge in [0.1, 0.15) is 0 Å². The summed E-state index contributed by atoms with van der Waals surface area (Å²) in [6.07, 6.45) is 4.50. The van der Waals surface area contributed by atoms with E-state index in [2.05, 4.69) is 10.3 Å². The van der Waals surface area contributed by atoms with E-state index in [4.69, 9.17) is 0 Å². The van der Waals surface area contributed by atoms with Crippen LogP contribution in [0.15, 0.2) is 24.5 Å². The Balaban J connectivity index is 0.00000144. The number of carbonyl (C=O) groups excluding carboxylic acids is 1. The molecular weight excluding hydrogens is 273 g/mol. The summed E-state index contributed by atoms with van der Waals surface area (Å²) in [7, 11) is 1.85. The Morgan fingerprint density at radius 2 is 2.33 bits per heavy atom. The summed E-state index contributed by atoms with van der Waals surface area (Å²) in [5.41, 5.74) is 1.07. The molecule has 102 valence electrons. The number of pyridine rings is 1. The van der Waals surface area contributed by atoms with Crippen molar-refractivity contribution in [3.8, 4) is 0 Å². The normalized spacial score (nSPS) is 17.5. The van der Waals surface area contributed by atoms with E-state index in [0.717, 1.165) is 25.1 Å². The van der Waals surface area contributed by atoms with Crippen molar-refractivity contribution in [3.05, 3.63) is 30.1 Å². The van der Waals surface area contributed by atoms with Crippen molar-refractivity contribution in [1.82, 2.24) is 15.2 Å². The van der Waals surface area contributed by atoms with Crippen LogP contribution in [0.25, 0.3) is 0 Å². The van der Waals surface area contributed by atoms with E-state index in [1.54, 1.807) is 17.3 Å². The highest BCUT2D eigenvalue weighted by molar-refractivity contribution is 5.85. The third-order valence-electron chi connectivity index (χ3n) is 2.93. The van der Waals surface area contributed by atoms with E-state index >= 15 is 0 Å². The Morgan fingerprint density at radius 3 is 2.89 bits per heavy atom. The quantitative estimate of drug-likeness (QED) is 0.918. The molecular formula is C12H19Cl2N3O. The van der Waals surface area contributed by atoms with Crippen molar-refractivity contribution >= 4 is 30.7 Å². The highest BCUT2D eigenvalue weighted by Gasteiger charge is 2.25. The number of carbonyl (C=O) groups is 1. The monoisotopic (exact) mass is 291 g/mol. The van der Waals surface area contributed by atoms with Crippen LogP contribution in [0.5, 0.6) is 0 Å². The van der Waals surface area contributed by atoms with Crippen LogP contribution in [0.1, 0.15) is 12.0 Å². The first kappa shape index (κ1) is 17.2. The number of rotatable bonds is 3. The summed E-state index contributed by atoms with van der Waals surface area (Å²) in [6, 6.07) is 3.88. The molecule has 1 aromatic rings. The predicted molar refractivity (Wildman–Crippen MR) is 76.2 cm³/mol. The topological polar surface area (TPSA) is 45.2 Å². The molecule has 0 spiro atoms. The Bertz CT molecular complexity index is 356. The zero-order valence-corrected chi connectivity index (χ0v) is 12.0. The average molecular weight is 292 g/mol. The number of amides is 1. The van der Waals surface area contributed by atoms with Crippen molar-refractivity contribution in [1.29, 1.82) is 0 Å². The minimum absolute atomic E-state index is 0. The number of halogens is 2. The van der Waals surface area contributed by atoms with Crippen molar-refractivity contribution < 1.29 is 4.79 Å². The van der Waals surface area contributed by atoms with E-state index in [0.29, 0.717) is 6.54 Å². The molecule has 6 heteroatoms. The summed E-state index contributed by atoms with van der Waals surface area (Å²) >= 11 is 0. The van der Waals surface area contributed by atoms with Crippen LogP contribution < -0.4 is 5.32 Å². The van der Waals surface area contributed by atoms with Crippen molar-refractivity contribution in [3.63, 3.8) is 0 Å². The minimum Gasteiger partial charge on any atom is -0.341 e. The van der Waals surface area contributed by atoms with E-state index in [-0.39, 0.29) is 36.6 Å². The van der Waals surface area contributed by atoms with Gasteiger partial charge in [0.2, 0.25) is 5.91 Å². The van der Waals surface area contributed by atoms with E-state index in [1.165, 1.54) is 0 Å². The van der Waals surface area contributed by atoms with Crippen LogP contribution in [0.3, 0.4) is 0 Å². The van der Waals surface area contributed by atoms with Gasteiger partial charge in [0.05, 0.1) is 5.92 Å². The fraction of sp³-hybridized carbons (Fsp3) is 0.500. The van der Waals surface area contributed by atoms with Crippen molar-refractivity contribution in [2.24, 2.45) is 5.92 Å². The maximum atomic E-state index is 12.0. The number of aromatic nitrogens is 1. The average Bonchev–Trinajstić information content (AvgIpc) is 2.83. The SMILES string of the molecule is CN(Cc1cccnc1)C(=O)C1CCNC1.Cl.Cl. The Labute approximate surface area is 120 Å². The third kappa shape index (κ3) is 4.44.